The van der Waals surface area contributed by atoms with Gasteiger partial charge in [0.2, 0.25) is 0 Å². The van der Waals surface area contributed by atoms with Crippen molar-refractivity contribution in [3.63, 3.8) is 0 Å². The number of aliphatic hydroxyl groups excluding tert-OH is 1. The molecule has 1 aromatic rings. The van der Waals surface area contributed by atoms with Gasteiger partial charge in [0.15, 0.2) is 0 Å². The van der Waals surface area contributed by atoms with Crippen molar-refractivity contribution in [2.24, 2.45) is 5.41 Å². The van der Waals surface area contributed by atoms with E-state index in [9.17, 15) is 9.90 Å². The molecule has 0 spiro atoms. The van der Waals surface area contributed by atoms with Gasteiger partial charge in [-0.15, -0.1) is 0 Å². The number of rotatable bonds is 5. The standard InChI is InChI=1S/C14H19BrClNO2/c1-9(18)7-14(2,3)8-17-13(19)11-5-4-10(16)6-12(11)15/h4-6,9,18H,7-8H2,1-3H3,(H,17,19). The van der Waals surface area contributed by atoms with Gasteiger partial charge in [0.05, 0.1) is 11.7 Å². The molecule has 0 fully saturated rings. The van der Waals surface area contributed by atoms with Crippen molar-refractivity contribution in [1.29, 1.82) is 0 Å². The average molecular weight is 349 g/mol. The largest absolute Gasteiger partial charge is 0.393 e. The second kappa shape index (κ2) is 6.73. The van der Waals surface area contributed by atoms with Crippen molar-refractivity contribution in [2.45, 2.75) is 33.3 Å². The van der Waals surface area contributed by atoms with Gasteiger partial charge in [-0.25, -0.2) is 0 Å². The quantitative estimate of drug-likeness (QED) is 0.853. The van der Waals surface area contributed by atoms with Gasteiger partial charge in [0.25, 0.3) is 5.91 Å². The van der Waals surface area contributed by atoms with Gasteiger partial charge in [0, 0.05) is 16.0 Å². The second-order valence-electron chi connectivity index (χ2n) is 5.52. The topological polar surface area (TPSA) is 49.3 Å². The van der Waals surface area contributed by atoms with Gasteiger partial charge in [-0.3, -0.25) is 4.79 Å². The lowest BCUT2D eigenvalue weighted by molar-refractivity contribution is 0.0901. The number of carbonyl (C=O) groups excluding carboxylic acids is 1. The van der Waals surface area contributed by atoms with E-state index in [-0.39, 0.29) is 17.4 Å². The number of nitrogens with one attached hydrogen (secondary N) is 1. The Morgan fingerprint density at radius 3 is 2.68 bits per heavy atom. The van der Waals surface area contributed by atoms with Gasteiger partial charge in [-0.2, -0.15) is 0 Å². The van der Waals surface area contributed by atoms with E-state index in [1.165, 1.54) is 0 Å². The van der Waals surface area contributed by atoms with E-state index in [0.717, 1.165) is 0 Å². The molecule has 3 nitrogen and oxygen atoms in total. The summed E-state index contributed by atoms with van der Waals surface area (Å²) in [6.45, 7) is 6.28. The minimum Gasteiger partial charge on any atom is -0.393 e. The third-order valence-electron chi connectivity index (χ3n) is 2.75. The molecule has 2 N–H and O–H groups in total. The highest BCUT2D eigenvalue weighted by Crippen LogP contribution is 2.23. The lowest BCUT2D eigenvalue weighted by Gasteiger charge is -2.26. The van der Waals surface area contributed by atoms with Crippen LogP contribution in [0.3, 0.4) is 0 Å². The fraction of sp³-hybridized carbons (Fsp3) is 0.500. The van der Waals surface area contributed by atoms with Crippen LogP contribution in [0.4, 0.5) is 0 Å². The van der Waals surface area contributed by atoms with E-state index in [2.05, 4.69) is 21.2 Å². The molecule has 0 aliphatic heterocycles. The minimum absolute atomic E-state index is 0.150. The molecule has 1 aromatic carbocycles. The average Bonchev–Trinajstić information content (AvgIpc) is 2.24. The molecule has 0 aromatic heterocycles. The molecule has 0 heterocycles. The van der Waals surface area contributed by atoms with Crippen LogP contribution in [0.1, 0.15) is 37.6 Å². The Balaban J connectivity index is 2.65. The molecule has 19 heavy (non-hydrogen) atoms. The molecule has 1 amide bonds. The van der Waals surface area contributed by atoms with Gasteiger partial charge in [0.1, 0.15) is 0 Å². The van der Waals surface area contributed by atoms with Crippen molar-refractivity contribution >= 4 is 33.4 Å². The summed E-state index contributed by atoms with van der Waals surface area (Å²) in [5.41, 5.74) is 0.403. The molecule has 0 aliphatic carbocycles. The predicted molar refractivity (Wildman–Crippen MR) is 81.6 cm³/mol. The Hall–Kier alpha value is -0.580. The lowest BCUT2D eigenvalue weighted by Crippen LogP contribution is -2.35. The summed E-state index contributed by atoms with van der Waals surface area (Å²) in [4.78, 5) is 12.1. The van der Waals surface area contributed by atoms with Crippen molar-refractivity contribution in [3.8, 4) is 0 Å². The molecule has 0 saturated carbocycles. The van der Waals surface area contributed by atoms with Crippen LogP contribution >= 0.6 is 27.5 Å². The number of hydrogen-bond donors (Lipinski definition) is 2. The summed E-state index contributed by atoms with van der Waals surface area (Å²) < 4.78 is 0.672. The summed E-state index contributed by atoms with van der Waals surface area (Å²) in [5, 5.41) is 12.9. The van der Waals surface area contributed by atoms with Crippen LogP contribution < -0.4 is 5.32 Å². The van der Waals surface area contributed by atoms with Gasteiger partial charge in [-0.1, -0.05) is 25.4 Å². The summed E-state index contributed by atoms with van der Waals surface area (Å²) in [6.07, 6.45) is 0.254. The Kier molecular flexibility index (Phi) is 5.83. The van der Waals surface area contributed by atoms with Crippen LogP contribution in [0.2, 0.25) is 5.02 Å². The van der Waals surface area contributed by atoms with Crippen molar-refractivity contribution in [1.82, 2.24) is 5.32 Å². The molecule has 1 atom stereocenters. The van der Waals surface area contributed by atoms with Crippen LogP contribution in [0.25, 0.3) is 0 Å². The molecule has 1 rings (SSSR count). The van der Waals surface area contributed by atoms with E-state index >= 15 is 0 Å². The van der Waals surface area contributed by atoms with E-state index in [1.54, 1.807) is 25.1 Å². The summed E-state index contributed by atoms with van der Waals surface area (Å²) in [7, 11) is 0. The van der Waals surface area contributed by atoms with E-state index < -0.39 is 0 Å². The minimum atomic E-state index is -0.380. The molecule has 0 aliphatic rings. The molecule has 0 radical (unpaired) electrons. The van der Waals surface area contributed by atoms with Crippen molar-refractivity contribution < 1.29 is 9.90 Å². The van der Waals surface area contributed by atoms with Crippen LogP contribution in [-0.4, -0.2) is 23.7 Å². The fourth-order valence-electron chi connectivity index (χ4n) is 1.96. The molecular weight excluding hydrogens is 330 g/mol. The molecule has 0 bridgehead atoms. The van der Waals surface area contributed by atoms with Crippen LogP contribution in [0.15, 0.2) is 22.7 Å². The third kappa shape index (κ3) is 5.51. The summed E-state index contributed by atoms with van der Waals surface area (Å²) in [6, 6.07) is 5.06. The Bertz CT molecular complexity index is 461. The zero-order valence-corrected chi connectivity index (χ0v) is 13.7. The maximum absolute atomic E-state index is 12.1. The van der Waals surface area contributed by atoms with Gasteiger partial charge >= 0.3 is 0 Å². The number of carbonyl (C=O) groups is 1. The summed E-state index contributed by atoms with van der Waals surface area (Å²) >= 11 is 9.16. The van der Waals surface area contributed by atoms with E-state index in [0.29, 0.717) is 28.0 Å². The number of hydrogen-bond acceptors (Lipinski definition) is 2. The van der Waals surface area contributed by atoms with Gasteiger partial charge < -0.3 is 10.4 Å². The highest BCUT2D eigenvalue weighted by Gasteiger charge is 2.21. The van der Waals surface area contributed by atoms with Crippen LogP contribution in [0.5, 0.6) is 0 Å². The molecular formula is C14H19BrClNO2. The predicted octanol–water partition coefficient (Wildman–Crippen LogP) is 3.63. The highest BCUT2D eigenvalue weighted by molar-refractivity contribution is 9.10. The van der Waals surface area contributed by atoms with Crippen LogP contribution in [-0.2, 0) is 0 Å². The zero-order valence-electron chi connectivity index (χ0n) is 11.3. The van der Waals surface area contributed by atoms with Crippen LogP contribution in [0, 0.1) is 5.41 Å². The number of aliphatic hydroxyl groups is 1. The Labute approximate surface area is 127 Å². The second-order valence-corrected chi connectivity index (χ2v) is 6.81. The SMILES string of the molecule is CC(O)CC(C)(C)CNC(=O)c1ccc(Cl)cc1Br. The number of halogens is 2. The first kappa shape index (κ1) is 16.5. The Morgan fingerprint density at radius 2 is 2.16 bits per heavy atom. The normalized spacial score (nSPS) is 13.2. The van der Waals surface area contributed by atoms with Crippen molar-refractivity contribution in [3.05, 3.63) is 33.3 Å². The number of benzene rings is 1. The maximum Gasteiger partial charge on any atom is 0.252 e. The summed E-state index contributed by atoms with van der Waals surface area (Å²) in [5.74, 6) is -0.151. The Morgan fingerprint density at radius 1 is 1.53 bits per heavy atom. The van der Waals surface area contributed by atoms with E-state index in [1.807, 2.05) is 13.8 Å². The number of amides is 1. The molecule has 1 unspecified atom stereocenters. The zero-order chi connectivity index (χ0) is 14.6. The lowest BCUT2D eigenvalue weighted by atomic mass is 9.87. The van der Waals surface area contributed by atoms with Crippen molar-refractivity contribution in [2.75, 3.05) is 6.54 Å². The first-order chi connectivity index (χ1) is 8.71. The molecule has 0 saturated heterocycles. The smallest absolute Gasteiger partial charge is 0.252 e. The molecule has 106 valence electrons. The maximum atomic E-state index is 12.1. The third-order valence-corrected chi connectivity index (χ3v) is 3.64. The van der Waals surface area contributed by atoms with E-state index in [4.69, 9.17) is 11.6 Å². The fourth-order valence-corrected chi connectivity index (χ4v) is 2.82. The first-order valence-corrected chi connectivity index (χ1v) is 7.30. The first-order valence-electron chi connectivity index (χ1n) is 6.12. The highest BCUT2D eigenvalue weighted by atomic mass is 79.9. The molecule has 5 heteroatoms. The van der Waals surface area contributed by atoms with Gasteiger partial charge in [-0.05, 0) is 52.9 Å². The monoisotopic (exact) mass is 347 g/mol.